The van der Waals surface area contributed by atoms with Gasteiger partial charge in [0.15, 0.2) is 0 Å². The molecule has 0 spiro atoms. The van der Waals surface area contributed by atoms with Gasteiger partial charge in [-0.3, -0.25) is 4.31 Å². The van der Waals surface area contributed by atoms with E-state index < -0.39 is 16.0 Å². The highest BCUT2D eigenvalue weighted by Crippen LogP contribution is 2.29. The maximum absolute atomic E-state index is 13.5. The average molecular weight is 555 g/mol. The number of halogens is 1. The summed E-state index contributed by atoms with van der Waals surface area (Å²) in [6, 6.07) is 20.2. The van der Waals surface area contributed by atoms with E-state index in [0.29, 0.717) is 17.1 Å². The lowest BCUT2D eigenvalue weighted by molar-refractivity contribution is 0.0468. The molecule has 10 heteroatoms. The zero-order chi connectivity index (χ0) is 26.4. The Labute approximate surface area is 224 Å². The molecule has 0 saturated carbocycles. The molecule has 4 aromatic rings. The van der Waals surface area contributed by atoms with Crippen LogP contribution in [-0.2, 0) is 21.4 Å². The molecule has 0 bridgehead atoms. The van der Waals surface area contributed by atoms with Crippen LogP contribution in [0.1, 0.15) is 16.1 Å². The molecule has 1 heterocycles. The monoisotopic (exact) mass is 554 g/mol. The molecule has 0 N–H and O–H groups in total. The summed E-state index contributed by atoms with van der Waals surface area (Å²) in [6.45, 7) is 3.61. The second-order valence-corrected chi connectivity index (χ2v) is 10.9. The number of sulfonamides is 1. The first-order valence-corrected chi connectivity index (χ1v) is 13.8. The zero-order valence-corrected chi connectivity index (χ0v) is 22.2. The normalized spacial score (nSPS) is 11.1. The summed E-state index contributed by atoms with van der Waals surface area (Å²) in [5.41, 5.74) is 1.90. The molecule has 7 nitrogen and oxygen atoms in total. The molecule has 0 atom stereocenters. The number of methoxy groups -OCH3 is 1. The standard InChI is InChI=1S/C27H23ClN2O5S2/c1-3-15-30(21-9-11-22(34-2)12-10-21)37(32,33)23-13-14-25(28)24(16-23)27(31)35-17-20-18-36-26(29-20)19-7-5-4-6-8-19/h3-14,16,18H,1,15,17H2,2H3. The Morgan fingerprint density at radius 3 is 2.51 bits per heavy atom. The minimum Gasteiger partial charge on any atom is -0.497 e. The van der Waals surface area contributed by atoms with Gasteiger partial charge >= 0.3 is 5.97 Å². The van der Waals surface area contributed by atoms with Crippen molar-refractivity contribution in [3.63, 3.8) is 0 Å². The van der Waals surface area contributed by atoms with Gasteiger partial charge in [0.1, 0.15) is 17.4 Å². The Balaban J connectivity index is 1.54. The van der Waals surface area contributed by atoms with Crippen LogP contribution in [-0.4, -0.2) is 33.0 Å². The van der Waals surface area contributed by atoms with Gasteiger partial charge in [0.2, 0.25) is 0 Å². The third kappa shape index (κ3) is 6.02. The Bertz CT molecular complexity index is 1500. The van der Waals surface area contributed by atoms with Crippen molar-refractivity contribution < 1.29 is 22.7 Å². The van der Waals surface area contributed by atoms with E-state index in [1.54, 1.807) is 29.6 Å². The van der Waals surface area contributed by atoms with Crippen molar-refractivity contribution >= 4 is 44.6 Å². The number of thiazole rings is 1. The molecule has 0 fully saturated rings. The van der Waals surface area contributed by atoms with Crippen molar-refractivity contribution in [2.24, 2.45) is 0 Å². The number of hydrogen-bond donors (Lipinski definition) is 0. The van der Waals surface area contributed by atoms with Crippen LogP contribution in [0.4, 0.5) is 5.69 Å². The molecule has 1 aromatic heterocycles. The molecular formula is C27H23ClN2O5S2. The van der Waals surface area contributed by atoms with Gasteiger partial charge in [0.25, 0.3) is 10.0 Å². The molecule has 0 radical (unpaired) electrons. The smallest absolute Gasteiger partial charge is 0.340 e. The van der Waals surface area contributed by atoms with Gasteiger partial charge in [-0.25, -0.2) is 18.2 Å². The topological polar surface area (TPSA) is 85.8 Å². The number of ether oxygens (including phenoxy) is 2. The van der Waals surface area contributed by atoms with Crippen molar-refractivity contribution in [2.45, 2.75) is 11.5 Å². The highest BCUT2D eigenvalue weighted by Gasteiger charge is 2.26. The number of benzene rings is 3. The lowest BCUT2D eigenvalue weighted by Crippen LogP contribution is -2.31. The van der Waals surface area contributed by atoms with Crippen molar-refractivity contribution in [3.05, 3.63) is 107 Å². The molecule has 0 saturated heterocycles. The third-order valence-corrected chi connectivity index (χ3v) is 8.38. The number of rotatable bonds is 10. The second-order valence-electron chi connectivity index (χ2n) is 7.75. The van der Waals surface area contributed by atoms with Crippen LogP contribution in [0.15, 0.2) is 95.7 Å². The predicted molar refractivity (Wildman–Crippen MR) is 146 cm³/mol. The molecule has 3 aromatic carbocycles. The van der Waals surface area contributed by atoms with Crippen LogP contribution < -0.4 is 9.04 Å². The maximum atomic E-state index is 13.5. The fraction of sp³-hybridized carbons (Fsp3) is 0.111. The number of anilines is 1. The van der Waals surface area contributed by atoms with E-state index in [9.17, 15) is 13.2 Å². The van der Waals surface area contributed by atoms with Gasteiger partial charge in [-0.1, -0.05) is 48.0 Å². The summed E-state index contributed by atoms with van der Waals surface area (Å²) < 4.78 is 38.8. The van der Waals surface area contributed by atoms with Gasteiger partial charge in [0.05, 0.1) is 40.5 Å². The predicted octanol–water partition coefficient (Wildman–Crippen LogP) is 6.21. The van der Waals surface area contributed by atoms with Crippen molar-refractivity contribution in [1.82, 2.24) is 4.98 Å². The summed E-state index contributed by atoms with van der Waals surface area (Å²) in [6.07, 6.45) is 1.48. The van der Waals surface area contributed by atoms with Gasteiger partial charge in [-0.05, 0) is 42.5 Å². The van der Waals surface area contributed by atoms with E-state index in [2.05, 4.69) is 11.6 Å². The van der Waals surface area contributed by atoms with Crippen LogP contribution >= 0.6 is 22.9 Å². The Morgan fingerprint density at radius 1 is 1.11 bits per heavy atom. The van der Waals surface area contributed by atoms with Crippen LogP contribution in [0.25, 0.3) is 10.6 Å². The summed E-state index contributed by atoms with van der Waals surface area (Å²) in [5.74, 6) is -0.164. The van der Waals surface area contributed by atoms with E-state index in [0.717, 1.165) is 10.6 Å². The zero-order valence-electron chi connectivity index (χ0n) is 19.8. The minimum absolute atomic E-state index is 0.0185. The lowest BCUT2D eigenvalue weighted by Gasteiger charge is -2.23. The quantitative estimate of drug-likeness (QED) is 0.171. The number of aromatic nitrogens is 1. The largest absolute Gasteiger partial charge is 0.497 e. The van der Waals surface area contributed by atoms with Gasteiger partial charge in [-0.2, -0.15) is 0 Å². The molecule has 0 aliphatic rings. The van der Waals surface area contributed by atoms with Crippen molar-refractivity contribution in [1.29, 1.82) is 0 Å². The minimum atomic E-state index is -4.06. The summed E-state index contributed by atoms with van der Waals surface area (Å²) in [7, 11) is -2.53. The molecule has 37 heavy (non-hydrogen) atoms. The first-order chi connectivity index (χ1) is 17.8. The number of nitrogens with zero attached hydrogens (tertiary/aromatic N) is 2. The van der Waals surface area contributed by atoms with E-state index >= 15 is 0 Å². The lowest BCUT2D eigenvalue weighted by atomic mass is 10.2. The van der Waals surface area contributed by atoms with E-state index in [1.165, 1.54) is 47.0 Å². The van der Waals surface area contributed by atoms with E-state index in [1.807, 2.05) is 30.3 Å². The van der Waals surface area contributed by atoms with Gasteiger partial charge in [0, 0.05) is 10.9 Å². The summed E-state index contributed by atoms with van der Waals surface area (Å²) in [5, 5.41) is 2.69. The van der Waals surface area contributed by atoms with Gasteiger partial charge in [-0.15, -0.1) is 17.9 Å². The highest BCUT2D eigenvalue weighted by atomic mass is 35.5. The maximum Gasteiger partial charge on any atom is 0.340 e. The van der Waals surface area contributed by atoms with E-state index in [4.69, 9.17) is 21.1 Å². The third-order valence-electron chi connectivity index (χ3n) is 5.32. The van der Waals surface area contributed by atoms with Crippen LogP contribution in [0.3, 0.4) is 0 Å². The molecule has 0 amide bonds. The van der Waals surface area contributed by atoms with Crippen LogP contribution in [0.2, 0.25) is 5.02 Å². The molecule has 190 valence electrons. The average Bonchev–Trinajstić information content (AvgIpc) is 3.40. The molecule has 0 unspecified atom stereocenters. The molecular weight excluding hydrogens is 532 g/mol. The number of carbonyl (C=O) groups excluding carboxylic acids is 1. The van der Waals surface area contributed by atoms with Gasteiger partial charge < -0.3 is 9.47 Å². The van der Waals surface area contributed by atoms with Crippen molar-refractivity contribution in [2.75, 3.05) is 18.0 Å². The number of carbonyl (C=O) groups is 1. The summed E-state index contributed by atoms with van der Waals surface area (Å²) in [4.78, 5) is 17.3. The Morgan fingerprint density at radius 2 is 1.84 bits per heavy atom. The first-order valence-electron chi connectivity index (χ1n) is 11.1. The SMILES string of the molecule is C=CCN(c1ccc(OC)cc1)S(=O)(=O)c1ccc(Cl)c(C(=O)OCc2csc(-c3ccccc3)n2)c1. The van der Waals surface area contributed by atoms with Crippen molar-refractivity contribution in [3.8, 4) is 16.3 Å². The fourth-order valence-corrected chi connectivity index (χ4v) is 5.93. The summed E-state index contributed by atoms with van der Waals surface area (Å²) >= 11 is 7.68. The Kier molecular flexibility index (Phi) is 8.27. The molecule has 0 aliphatic carbocycles. The number of hydrogen-bond acceptors (Lipinski definition) is 7. The first kappa shape index (κ1) is 26.4. The Hall–Kier alpha value is -3.66. The van der Waals surface area contributed by atoms with Crippen LogP contribution in [0, 0.1) is 0 Å². The molecule has 0 aliphatic heterocycles. The fourth-order valence-electron chi connectivity index (χ4n) is 3.46. The second kappa shape index (κ2) is 11.6. The molecule has 4 rings (SSSR count). The highest BCUT2D eigenvalue weighted by molar-refractivity contribution is 7.92. The van der Waals surface area contributed by atoms with E-state index in [-0.39, 0.29) is 28.6 Å². The van der Waals surface area contributed by atoms with Crippen LogP contribution in [0.5, 0.6) is 5.75 Å². The number of esters is 1.